The van der Waals surface area contributed by atoms with Crippen LogP contribution in [0.2, 0.25) is 0 Å². The number of nitrogens with zero attached hydrogens (tertiary/aromatic N) is 2. The maximum absolute atomic E-state index is 12.6. The average Bonchev–Trinajstić information content (AvgIpc) is 2.66. The van der Waals surface area contributed by atoms with Crippen molar-refractivity contribution >= 4 is 17.8 Å². The number of carbonyl (C=O) groups excluding carboxylic acids is 2. The summed E-state index contributed by atoms with van der Waals surface area (Å²) in [5, 5.41) is 2.73. The minimum Gasteiger partial charge on any atom is -0.497 e. The highest BCUT2D eigenvalue weighted by Gasteiger charge is 2.41. The van der Waals surface area contributed by atoms with E-state index >= 15 is 0 Å². The van der Waals surface area contributed by atoms with E-state index in [1.165, 1.54) is 15.6 Å². The molecule has 1 atom stereocenters. The predicted molar refractivity (Wildman–Crippen MR) is 95.7 cm³/mol. The van der Waals surface area contributed by atoms with Gasteiger partial charge in [-0.25, -0.2) is 19.6 Å². The van der Waals surface area contributed by atoms with Gasteiger partial charge in [-0.2, -0.15) is 0 Å². The van der Waals surface area contributed by atoms with Gasteiger partial charge >= 0.3 is 12.2 Å². The van der Waals surface area contributed by atoms with Crippen molar-refractivity contribution in [3.8, 4) is 5.75 Å². The summed E-state index contributed by atoms with van der Waals surface area (Å²) in [4.78, 5) is 24.9. The standard InChI is InChI=1S/C19H24N2O5/c1-4-25-18(22)20-11-10-16-15-8-7-14(24-3)12-13(15)6-9-17(16)21(20)19(23)26-5-2/h7-8,10,12,17H,4-6,9,11H2,1-3H3. The summed E-state index contributed by atoms with van der Waals surface area (Å²) in [6.45, 7) is 4.23. The molecule has 140 valence electrons. The van der Waals surface area contributed by atoms with Crippen LogP contribution in [0.15, 0.2) is 24.3 Å². The molecular formula is C19H24N2O5. The summed E-state index contributed by atoms with van der Waals surface area (Å²) < 4.78 is 15.6. The van der Waals surface area contributed by atoms with Gasteiger partial charge in [0.15, 0.2) is 0 Å². The second kappa shape index (κ2) is 7.68. The topological polar surface area (TPSA) is 68.3 Å². The number of carbonyl (C=O) groups is 2. The minimum atomic E-state index is -0.545. The smallest absolute Gasteiger partial charge is 0.429 e. The Morgan fingerprint density at radius 2 is 1.88 bits per heavy atom. The number of ether oxygens (including phenoxy) is 3. The summed E-state index contributed by atoms with van der Waals surface area (Å²) in [5.41, 5.74) is 3.29. The van der Waals surface area contributed by atoms with Gasteiger partial charge in [-0.05, 0) is 55.5 Å². The molecule has 7 heteroatoms. The maximum Gasteiger partial charge on any atom is 0.429 e. The average molecular weight is 360 g/mol. The Balaban J connectivity index is 1.98. The monoisotopic (exact) mass is 360 g/mol. The number of hydrogen-bond acceptors (Lipinski definition) is 5. The number of methoxy groups -OCH3 is 1. The second-order valence-corrected chi connectivity index (χ2v) is 6.06. The van der Waals surface area contributed by atoms with Crippen molar-refractivity contribution in [3.05, 3.63) is 35.4 Å². The molecule has 2 amide bonds. The molecule has 0 aromatic heterocycles. The SMILES string of the molecule is CCOC(=O)N1CC=C2c3ccc(OC)cc3CCC2N1C(=O)OCC. The van der Waals surface area contributed by atoms with Crippen LogP contribution in [0.25, 0.3) is 5.57 Å². The molecule has 0 radical (unpaired) electrons. The van der Waals surface area contributed by atoms with Crippen LogP contribution >= 0.6 is 0 Å². The normalized spacial score (nSPS) is 18.4. The highest BCUT2D eigenvalue weighted by atomic mass is 16.6. The highest BCUT2D eigenvalue weighted by molar-refractivity contribution is 5.83. The third kappa shape index (κ3) is 3.21. The number of rotatable bonds is 3. The largest absolute Gasteiger partial charge is 0.497 e. The molecule has 1 heterocycles. The Morgan fingerprint density at radius 1 is 1.15 bits per heavy atom. The first-order valence-corrected chi connectivity index (χ1v) is 8.88. The van der Waals surface area contributed by atoms with Crippen molar-refractivity contribution < 1.29 is 23.8 Å². The number of benzene rings is 1. The molecule has 3 rings (SSSR count). The zero-order valence-electron chi connectivity index (χ0n) is 15.4. The number of amides is 2. The van der Waals surface area contributed by atoms with Crippen molar-refractivity contribution in [2.45, 2.75) is 32.7 Å². The predicted octanol–water partition coefficient (Wildman–Crippen LogP) is 3.24. The Kier molecular flexibility index (Phi) is 5.35. The highest BCUT2D eigenvalue weighted by Crippen LogP contribution is 2.38. The van der Waals surface area contributed by atoms with Gasteiger partial charge in [0, 0.05) is 0 Å². The van der Waals surface area contributed by atoms with Gasteiger partial charge < -0.3 is 14.2 Å². The van der Waals surface area contributed by atoms with Gasteiger partial charge in [-0.3, -0.25) is 0 Å². The first-order chi connectivity index (χ1) is 12.6. The van der Waals surface area contributed by atoms with E-state index < -0.39 is 12.2 Å². The molecule has 0 spiro atoms. The van der Waals surface area contributed by atoms with Crippen LogP contribution in [0.5, 0.6) is 5.75 Å². The van der Waals surface area contributed by atoms with Crippen LogP contribution < -0.4 is 4.74 Å². The Morgan fingerprint density at radius 3 is 2.58 bits per heavy atom. The molecule has 1 aromatic carbocycles. The molecule has 2 aliphatic rings. The van der Waals surface area contributed by atoms with Crippen molar-refractivity contribution in [1.29, 1.82) is 0 Å². The zero-order chi connectivity index (χ0) is 18.7. The summed E-state index contributed by atoms with van der Waals surface area (Å²) in [7, 11) is 1.65. The summed E-state index contributed by atoms with van der Waals surface area (Å²) >= 11 is 0. The number of aryl methyl sites for hydroxylation is 1. The lowest BCUT2D eigenvalue weighted by molar-refractivity contribution is -0.0322. The van der Waals surface area contributed by atoms with E-state index in [-0.39, 0.29) is 25.8 Å². The fourth-order valence-corrected chi connectivity index (χ4v) is 3.53. The number of hydrogen-bond donors (Lipinski definition) is 0. The molecular weight excluding hydrogens is 336 g/mol. The molecule has 26 heavy (non-hydrogen) atoms. The van der Waals surface area contributed by atoms with Crippen molar-refractivity contribution in [3.63, 3.8) is 0 Å². The van der Waals surface area contributed by atoms with Gasteiger partial charge in [-0.15, -0.1) is 0 Å². The minimum absolute atomic E-state index is 0.242. The lowest BCUT2D eigenvalue weighted by Gasteiger charge is -2.44. The lowest BCUT2D eigenvalue weighted by atomic mass is 9.82. The van der Waals surface area contributed by atoms with E-state index in [1.807, 2.05) is 24.3 Å². The second-order valence-electron chi connectivity index (χ2n) is 6.06. The Bertz CT molecular complexity index is 731. The van der Waals surface area contributed by atoms with Gasteiger partial charge in [-0.1, -0.05) is 12.1 Å². The van der Waals surface area contributed by atoms with Crippen LogP contribution in [-0.2, 0) is 15.9 Å². The lowest BCUT2D eigenvalue weighted by Crippen LogP contribution is -2.58. The molecule has 0 saturated carbocycles. The van der Waals surface area contributed by atoms with E-state index in [9.17, 15) is 9.59 Å². The molecule has 0 N–H and O–H groups in total. The molecule has 1 aliphatic carbocycles. The van der Waals surface area contributed by atoms with E-state index in [0.717, 1.165) is 23.3 Å². The van der Waals surface area contributed by atoms with E-state index in [0.29, 0.717) is 6.42 Å². The quantitative estimate of drug-likeness (QED) is 0.828. The third-order valence-electron chi connectivity index (χ3n) is 4.64. The first kappa shape index (κ1) is 18.1. The van der Waals surface area contributed by atoms with Crippen molar-refractivity contribution in [2.24, 2.45) is 0 Å². The number of hydrazine groups is 1. The van der Waals surface area contributed by atoms with Crippen LogP contribution in [0.4, 0.5) is 9.59 Å². The van der Waals surface area contributed by atoms with Crippen LogP contribution in [0.1, 0.15) is 31.4 Å². The molecule has 0 fully saturated rings. The third-order valence-corrected chi connectivity index (χ3v) is 4.64. The van der Waals surface area contributed by atoms with Gasteiger partial charge in [0.25, 0.3) is 0 Å². The van der Waals surface area contributed by atoms with E-state index in [2.05, 4.69) is 0 Å². The zero-order valence-corrected chi connectivity index (χ0v) is 15.4. The molecule has 1 unspecified atom stereocenters. The van der Waals surface area contributed by atoms with E-state index in [4.69, 9.17) is 14.2 Å². The Labute approximate surface area is 153 Å². The molecule has 1 aliphatic heterocycles. The van der Waals surface area contributed by atoms with Gasteiger partial charge in [0.2, 0.25) is 0 Å². The van der Waals surface area contributed by atoms with Gasteiger partial charge in [0.05, 0.1) is 32.9 Å². The van der Waals surface area contributed by atoms with Crippen LogP contribution in [0.3, 0.4) is 0 Å². The van der Waals surface area contributed by atoms with Crippen molar-refractivity contribution in [1.82, 2.24) is 10.0 Å². The molecule has 0 saturated heterocycles. The summed E-state index contributed by atoms with van der Waals surface area (Å²) in [6, 6.07) is 5.69. The number of fused-ring (bicyclic) bond motifs is 3. The van der Waals surface area contributed by atoms with E-state index in [1.54, 1.807) is 21.0 Å². The fraction of sp³-hybridized carbons (Fsp3) is 0.474. The van der Waals surface area contributed by atoms with Gasteiger partial charge in [0.1, 0.15) is 5.75 Å². The van der Waals surface area contributed by atoms with Crippen LogP contribution in [0, 0.1) is 0 Å². The van der Waals surface area contributed by atoms with Crippen molar-refractivity contribution in [2.75, 3.05) is 26.9 Å². The fourth-order valence-electron chi connectivity index (χ4n) is 3.53. The summed E-state index contributed by atoms with van der Waals surface area (Å²) in [6.07, 6.45) is 2.38. The molecule has 1 aromatic rings. The molecule has 0 bridgehead atoms. The Hall–Kier alpha value is -2.70. The molecule has 7 nitrogen and oxygen atoms in total. The first-order valence-electron chi connectivity index (χ1n) is 8.88. The van der Waals surface area contributed by atoms with Crippen LogP contribution in [-0.4, -0.2) is 55.1 Å². The summed E-state index contributed by atoms with van der Waals surface area (Å²) in [5.74, 6) is 0.814. The maximum atomic E-state index is 12.6.